The molecule has 85 valence electrons. The van der Waals surface area contributed by atoms with E-state index in [1.54, 1.807) is 5.92 Å². The van der Waals surface area contributed by atoms with Gasteiger partial charge in [-0.3, -0.25) is 0 Å². The molecule has 0 N–H and O–H groups in total. The van der Waals surface area contributed by atoms with Crippen molar-refractivity contribution < 1.29 is 0 Å². The first-order valence-electron chi connectivity index (χ1n) is 6.58. The summed E-state index contributed by atoms with van der Waals surface area (Å²) < 4.78 is 0. The summed E-state index contributed by atoms with van der Waals surface area (Å²) in [6.45, 7) is 9.28. The van der Waals surface area contributed by atoms with Crippen LogP contribution in [0.2, 0.25) is 0 Å². The van der Waals surface area contributed by atoms with Crippen LogP contribution in [0.5, 0.6) is 0 Å². The summed E-state index contributed by atoms with van der Waals surface area (Å²) in [5, 5.41) is 0. The average Bonchev–Trinajstić information content (AvgIpc) is 2.19. The Morgan fingerprint density at radius 3 is 2.07 bits per heavy atom. The Labute approximate surface area is 91.5 Å². The maximum atomic E-state index is 2.37. The quantitative estimate of drug-likeness (QED) is 0.435. The lowest BCUT2D eigenvalue weighted by Gasteiger charge is -2.21. The van der Waals surface area contributed by atoms with Crippen LogP contribution in [0.4, 0.5) is 0 Å². The molecule has 0 aliphatic heterocycles. The van der Waals surface area contributed by atoms with Crippen LogP contribution in [0.15, 0.2) is 0 Å². The highest BCUT2D eigenvalue weighted by atomic mass is 14.2. The van der Waals surface area contributed by atoms with Crippen LogP contribution in [0, 0.1) is 11.8 Å². The minimum atomic E-state index is 0.909. The summed E-state index contributed by atoms with van der Waals surface area (Å²) in [5.41, 5.74) is 0. The second-order valence-electron chi connectivity index (χ2n) is 4.55. The fraction of sp³-hybridized carbons (Fsp3) is 0.929. The molecule has 0 amide bonds. The molecular weight excluding hydrogens is 168 g/mol. The predicted molar refractivity (Wildman–Crippen MR) is 66.4 cm³/mol. The Morgan fingerprint density at radius 2 is 1.57 bits per heavy atom. The Kier molecular flexibility index (Phi) is 9.55. The molecule has 0 rings (SSSR count). The molecule has 0 aliphatic rings. The maximum Gasteiger partial charge on any atom is -0.0241 e. The lowest BCUT2D eigenvalue weighted by atomic mass is 9.84. The minimum Gasteiger partial charge on any atom is -0.0654 e. The molecule has 0 bridgehead atoms. The van der Waals surface area contributed by atoms with Crippen molar-refractivity contribution in [1.29, 1.82) is 0 Å². The molecular formula is C14H29. The monoisotopic (exact) mass is 197 g/mol. The molecule has 0 aromatic rings. The number of hydrogen-bond acceptors (Lipinski definition) is 0. The zero-order valence-electron chi connectivity index (χ0n) is 10.7. The second kappa shape index (κ2) is 9.55. The highest BCUT2D eigenvalue weighted by Crippen LogP contribution is 2.27. The van der Waals surface area contributed by atoms with Gasteiger partial charge in [0.05, 0.1) is 0 Å². The van der Waals surface area contributed by atoms with E-state index in [0.29, 0.717) is 0 Å². The molecule has 14 heavy (non-hydrogen) atoms. The van der Waals surface area contributed by atoms with Gasteiger partial charge in [-0.2, -0.15) is 0 Å². The van der Waals surface area contributed by atoms with E-state index in [2.05, 4.69) is 27.7 Å². The maximum absolute atomic E-state index is 2.37. The van der Waals surface area contributed by atoms with Gasteiger partial charge in [0, 0.05) is 0 Å². The van der Waals surface area contributed by atoms with Crippen LogP contribution in [0.3, 0.4) is 0 Å². The van der Waals surface area contributed by atoms with Crippen molar-refractivity contribution in [1.82, 2.24) is 0 Å². The van der Waals surface area contributed by atoms with Gasteiger partial charge in [0.25, 0.3) is 0 Å². The van der Waals surface area contributed by atoms with Gasteiger partial charge in [-0.05, 0) is 24.7 Å². The van der Waals surface area contributed by atoms with Crippen molar-refractivity contribution in [3.05, 3.63) is 5.92 Å². The third kappa shape index (κ3) is 6.45. The van der Waals surface area contributed by atoms with Crippen LogP contribution in [0.1, 0.15) is 79.1 Å². The summed E-state index contributed by atoms with van der Waals surface area (Å²) >= 11 is 0. The first kappa shape index (κ1) is 14.0. The fourth-order valence-corrected chi connectivity index (χ4v) is 2.11. The van der Waals surface area contributed by atoms with E-state index in [9.17, 15) is 0 Å². The number of hydrogen-bond donors (Lipinski definition) is 0. The number of rotatable bonds is 9. The third-order valence-corrected chi connectivity index (χ3v) is 3.27. The average molecular weight is 197 g/mol. The molecule has 0 heterocycles. The van der Waals surface area contributed by atoms with Gasteiger partial charge in [0.2, 0.25) is 0 Å². The van der Waals surface area contributed by atoms with Crippen LogP contribution in [-0.2, 0) is 0 Å². The third-order valence-electron chi connectivity index (χ3n) is 3.27. The standard InChI is InChI=1S/C14H29/c1-5-8-10-11-13(4)14(7-3)12-9-6-2/h14H,5-12H2,1-4H3. The zero-order valence-corrected chi connectivity index (χ0v) is 10.7. The van der Waals surface area contributed by atoms with E-state index in [1.165, 1.54) is 51.4 Å². The molecule has 0 aromatic heterocycles. The van der Waals surface area contributed by atoms with Crippen molar-refractivity contribution in [2.24, 2.45) is 5.92 Å². The van der Waals surface area contributed by atoms with E-state index in [-0.39, 0.29) is 0 Å². The molecule has 0 nitrogen and oxygen atoms in total. The molecule has 0 saturated carbocycles. The predicted octanol–water partition coefficient (Wildman–Crippen LogP) is 5.38. The van der Waals surface area contributed by atoms with Crippen LogP contribution in [-0.4, -0.2) is 0 Å². The normalized spacial score (nSPS) is 13.5. The van der Waals surface area contributed by atoms with Gasteiger partial charge in [-0.15, -0.1) is 0 Å². The molecule has 1 unspecified atom stereocenters. The molecule has 0 heteroatoms. The van der Waals surface area contributed by atoms with Gasteiger partial charge in [0.1, 0.15) is 0 Å². The van der Waals surface area contributed by atoms with E-state index in [1.807, 2.05) is 0 Å². The molecule has 1 atom stereocenters. The Bertz CT molecular complexity index is 107. The molecule has 1 radical (unpaired) electrons. The van der Waals surface area contributed by atoms with Gasteiger partial charge < -0.3 is 0 Å². The van der Waals surface area contributed by atoms with Crippen molar-refractivity contribution in [3.63, 3.8) is 0 Å². The molecule has 0 aromatic carbocycles. The highest BCUT2D eigenvalue weighted by Gasteiger charge is 2.14. The summed E-state index contributed by atoms with van der Waals surface area (Å²) in [5.74, 6) is 2.67. The lowest BCUT2D eigenvalue weighted by Crippen LogP contribution is -2.08. The smallest absolute Gasteiger partial charge is 0.0241 e. The summed E-state index contributed by atoms with van der Waals surface area (Å²) in [6.07, 6.45) is 11.0. The SMILES string of the molecule is CCCCC[C](C)C(CC)CCCC. The van der Waals surface area contributed by atoms with Crippen molar-refractivity contribution in [2.75, 3.05) is 0 Å². The summed E-state index contributed by atoms with van der Waals surface area (Å²) in [6, 6.07) is 0. The van der Waals surface area contributed by atoms with Crippen LogP contribution < -0.4 is 0 Å². The largest absolute Gasteiger partial charge is 0.0654 e. The van der Waals surface area contributed by atoms with Gasteiger partial charge in [-0.1, -0.05) is 66.2 Å². The molecule has 0 aliphatic carbocycles. The van der Waals surface area contributed by atoms with Gasteiger partial charge in [0.15, 0.2) is 0 Å². The fourth-order valence-electron chi connectivity index (χ4n) is 2.11. The van der Waals surface area contributed by atoms with Crippen LogP contribution in [0.25, 0.3) is 0 Å². The summed E-state index contributed by atoms with van der Waals surface area (Å²) in [7, 11) is 0. The Balaban J connectivity index is 3.61. The Hall–Kier alpha value is 0. The topological polar surface area (TPSA) is 0 Å². The second-order valence-corrected chi connectivity index (χ2v) is 4.55. The van der Waals surface area contributed by atoms with Gasteiger partial charge >= 0.3 is 0 Å². The van der Waals surface area contributed by atoms with E-state index < -0.39 is 0 Å². The number of unbranched alkanes of at least 4 members (excludes halogenated alkanes) is 3. The van der Waals surface area contributed by atoms with Crippen molar-refractivity contribution >= 4 is 0 Å². The van der Waals surface area contributed by atoms with E-state index in [0.717, 1.165) is 5.92 Å². The minimum absolute atomic E-state index is 0.909. The Morgan fingerprint density at radius 1 is 0.929 bits per heavy atom. The molecule has 0 saturated heterocycles. The van der Waals surface area contributed by atoms with E-state index in [4.69, 9.17) is 0 Å². The summed E-state index contributed by atoms with van der Waals surface area (Å²) in [4.78, 5) is 0. The molecule has 0 fully saturated rings. The first-order chi connectivity index (χ1) is 6.76. The highest BCUT2D eigenvalue weighted by molar-refractivity contribution is 4.90. The van der Waals surface area contributed by atoms with Gasteiger partial charge in [-0.25, -0.2) is 0 Å². The van der Waals surface area contributed by atoms with Crippen molar-refractivity contribution in [3.8, 4) is 0 Å². The lowest BCUT2D eigenvalue weighted by molar-refractivity contribution is 0.437. The molecule has 0 spiro atoms. The first-order valence-corrected chi connectivity index (χ1v) is 6.58. The van der Waals surface area contributed by atoms with Crippen LogP contribution >= 0.6 is 0 Å². The van der Waals surface area contributed by atoms with E-state index >= 15 is 0 Å². The van der Waals surface area contributed by atoms with Crippen molar-refractivity contribution in [2.45, 2.75) is 79.1 Å². The zero-order chi connectivity index (χ0) is 10.8.